The molecule has 0 aliphatic rings. The van der Waals surface area contributed by atoms with E-state index < -0.39 is 45.1 Å². The number of nitrogens with zero attached hydrogens (tertiary/aromatic N) is 2. The van der Waals surface area contributed by atoms with E-state index in [0.717, 1.165) is 10.2 Å². The number of fused-ring (bicyclic) bond motifs is 1. The molecule has 9 nitrogen and oxygen atoms in total. The number of benzene rings is 1. The maximum Gasteiger partial charge on any atom is 0.534 e. The van der Waals surface area contributed by atoms with Crippen molar-refractivity contribution in [3.63, 3.8) is 0 Å². The quantitative estimate of drug-likeness (QED) is 0.270. The van der Waals surface area contributed by atoms with Crippen LogP contribution in [-0.4, -0.2) is 47.7 Å². The number of sulfone groups is 1. The van der Waals surface area contributed by atoms with Crippen LogP contribution < -0.4 is 0 Å². The molecule has 3 rings (SSSR count). The number of amides is 1. The predicted octanol–water partition coefficient (Wildman–Crippen LogP) is 6.06. The number of ether oxygens (including phenoxy) is 2. The van der Waals surface area contributed by atoms with Crippen LogP contribution in [0.15, 0.2) is 54.0 Å². The van der Waals surface area contributed by atoms with Crippen molar-refractivity contribution in [1.29, 1.82) is 0 Å². The summed E-state index contributed by atoms with van der Waals surface area (Å²) in [5.41, 5.74) is -0.895. The van der Waals surface area contributed by atoms with Crippen LogP contribution in [0.25, 0.3) is 10.2 Å². The van der Waals surface area contributed by atoms with Crippen molar-refractivity contribution in [2.24, 2.45) is 0 Å². The molecule has 11 heteroatoms. The monoisotopic (exact) mass is 548 g/mol. The van der Waals surface area contributed by atoms with Gasteiger partial charge in [-0.05, 0) is 70.2 Å². The topological polar surface area (TPSA) is 112 Å². The number of aromatic nitrogens is 1. The smallest absolute Gasteiger partial charge is 0.442 e. The van der Waals surface area contributed by atoms with Crippen molar-refractivity contribution in [2.75, 3.05) is 5.75 Å². The van der Waals surface area contributed by atoms with E-state index in [4.69, 9.17) is 14.3 Å². The molecule has 0 bridgehead atoms. The largest absolute Gasteiger partial charge is 0.534 e. The molecule has 1 aromatic carbocycles. The van der Waals surface area contributed by atoms with Gasteiger partial charge in [0.25, 0.3) is 0 Å². The Bertz CT molecular complexity index is 1340. The summed E-state index contributed by atoms with van der Waals surface area (Å²) in [6.07, 6.45) is -0.663. The Labute approximate surface area is 221 Å². The number of pyridine rings is 1. The molecule has 0 unspecified atom stereocenters. The summed E-state index contributed by atoms with van der Waals surface area (Å²) in [4.78, 5) is 36.2. The van der Waals surface area contributed by atoms with Gasteiger partial charge in [0.05, 0.1) is 11.5 Å². The Balaban J connectivity index is 1.96. The van der Waals surface area contributed by atoms with Gasteiger partial charge in [-0.2, -0.15) is 0 Å². The van der Waals surface area contributed by atoms with Gasteiger partial charge in [0.15, 0.2) is 9.84 Å². The lowest BCUT2D eigenvalue weighted by Crippen LogP contribution is -2.44. The Morgan fingerprint density at radius 3 is 2.27 bits per heavy atom. The van der Waals surface area contributed by atoms with E-state index in [1.54, 1.807) is 77.9 Å². The molecule has 0 saturated carbocycles. The minimum Gasteiger partial charge on any atom is -0.442 e. The summed E-state index contributed by atoms with van der Waals surface area (Å²) in [5, 5.41) is 3.38. The third-order valence-corrected chi connectivity index (χ3v) is 7.20. The van der Waals surface area contributed by atoms with Crippen LogP contribution in [0.3, 0.4) is 0 Å². The van der Waals surface area contributed by atoms with Crippen LogP contribution in [0.5, 0.6) is 0 Å². The first-order valence-electron chi connectivity index (χ1n) is 11.6. The molecular formula is C26H32N2O7S2. The first-order chi connectivity index (χ1) is 17.1. The molecule has 1 atom stereocenters. The van der Waals surface area contributed by atoms with E-state index in [9.17, 15) is 18.0 Å². The number of hydrogen-bond donors (Lipinski definition) is 0. The van der Waals surface area contributed by atoms with Crippen LogP contribution in [0.4, 0.5) is 9.59 Å². The molecule has 0 spiro atoms. The highest BCUT2D eigenvalue weighted by Crippen LogP contribution is 2.28. The highest BCUT2D eigenvalue weighted by Gasteiger charge is 2.37. The van der Waals surface area contributed by atoms with Crippen LogP contribution in [0.2, 0.25) is 0 Å². The Morgan fingerprint density at radius 1 is 1.00 bits per heavy atom. The minimum absolute atomic E-state index is 0.316. The molecule has 3 aromatic rings. The lowest BCUT2D eigenvalue weighted by Gasteiger charge is -2.32. The fraction of sp³-hybridized carbons (Fsp3) is 0.423. The zero-order valence-electron chi connectivity index (χ0n) is 21.8. The highest BCUT2D eigenvalue weighted by molar-refractivity contribution is 7.90. The van der Waals surface area contributed by atoms with Gasteiger partial charge >= 0.3 is 12.2 Å². The Morgan fingerprint density at radius 2 is 1.65 bits per heavy atom. The van der Waals surface area contributed by atoms with E-state index >= 15 is 0 Å². The lowest BCUT2D eigenvalue weighted by molar-refractivity contribution is -0.153. The maximum atomic E-state index is 13.4. The first-order valence-corrected chi connectivity index (χ1v) is 14.3. The van der Waals surface area contributed by atoms with Gasteiger partial charge in [0.2, 0.25) is 0 Å². The first kappa shape index (κ1) is 28.4. The number of hydroxylamine groups is 2. The van der Waals surface area contributed by atoms with Crippen molar-refractivity contribution < 1.29 is 32.3 Å². The summed E-state index contributed by atoms with van der Waals surface area (Å²) in [6.45, 7) is 9.88. The highest BCUT2D eigenvalue weighted by atomic mass is 32.2. The summed E-state index contributed by atoms with van der Waals surface area (Å²) in [6, 6.07) is 10.9. The average Bonchev–Trinajstić information content (AvgIpc) is 3.22. The third-order valence-electron chi connectivity index (χ3n) is 4.76. The van der Waals surface area contributed by atoms with Crippen molar-refractivity contribution in [3.05, 3.63) is 65.2 Å². The van der Waals surface area contributed by atoms with Crippen LogP contribution in [0, 0.1) is 0 Å². The molecule has 2 aromatic heterocycles. The van der Waals surface area contributed by atoms with Gasteiger partial charge in [0.1, 0.15) is 22.1 Å². The van der Waals surface area contributed by atoms with Crippen LogP contribution in [0.1, 0.15) is 58.7 Å². The van der Waals surface area contributed by atoms with E-state index in [1.165, 1.54) is 17.5 Å². The second-order valence-electron chi connectivity index (χ2n) is 10.5. The molecule has 0 aliphatic carbocycles. The number of thiophene rings is 1. The van der Waals surface area contributed by atoms with Crippen molar-refractivity contribution in [1.82, 2.24) is 10.0 Å². The van der Waals surface area contributed by atoms with Crippen molar-refractivity contribution in [3.8, 4) is 0 Å². The molecule has 200 valence electrons. The molecule has 0 N–H and O–H groups in total. The van der Waals surface area contributed by atoms with E-state index in [0.29, 0.717) is 16.2 Å². The summed E-state index contributed by atoms with van der Waals surface area (Å²) in [7, 11) is -3.85. The van der Waals surface area contributed by atoms with Gasteiger partial charge in [0, 0.05) is 11.6 Å². The van der Waals surface area contributed by atoms with Crippen molar-refractivity contribution in [2.45, 2.75) is 64.5 Å². The number of carbonyl (C=O) groups is 2. The second kappa shape index (κ2) is 11.1. The van der Waals surface area contributed by atoms with E-state index in [2.05, 4.69) is 4.98 Å². The maximum absolute atomic E-state index is 13.4. The van der Waals surface area contributed by atoms with E-state index in [-0.39, 0.29) is 5.75 Å². The Hall–Kier alpha value is -3.18. The third kappa shape index (κ3) is 8.71. The molecular weight excluding hydrogens is 516 g/mol. The SMILES string of the molecule is CC(C)(C)OC(=O)ON(C(=O)OC(C)(C)C)[C@H](CS(=O)(=O)Cc1cnc2sccc2c1)c1ccccc1. The number of rotatable bonds is 6. The second-order valence-corrected chi connectivity index (χ2v) is 13.5. The van der Waals surface area contributed by atoms with Crippen molar-refractivity contribution >= 4 is 43.6 Å². The number of carbonyl (C=O) groups excluding carboxylic acids is 2. The molecule has 2 heterocycles. The average molecular weight is 549 g/mol. The van der Waals surface area contributed by atoms with Gasteiger partial charge < -0.3 is 9.47 Å². The molecule has 1 amide bonds. The zero-order valence-corrected chi connectivity index (χ0v) is 23.4. The van der Waals surface area contributed by atoms with Crippen LogP contribution >= 0.6 is 11.3 Å². The normalized spacial score (nSPS) is 13.1. The fourth-order valence-electron chi connectivity index (χ4n) is 3.40. The Kier molecular flexibility index (Phi) is 8.49. The van der Waals surface area contributed by atoms with Gasteiger partial charge in [-0.15, -0.1) is 16.4 Å². The predicted molar refractivity (Wildman–Crippen MR) is 142 cm³/mol. The van der Waals surface area contributed by atoms with Gasteiger partial charge in [-0.3, -0.25) is 4.84 Å². The lowest BCUT2D eigenvalue weighted by atomic mass is 10.1. The minimum atomic E-state index is -3.85. The molecule has 0 aliphatic heterocycles. The van der Waals surface area contributed by atoms with Gasteiger partial charge in [-0.1, -0.05) is 30.3 Å². The zero-order chi connectivity index (χ0) is 27.4. The number of hydrogen-bond acceptors (Lipinski definition) is 9. The molecule has 0 fully saturated rings. The molecule has 0 saturated heterocycles. The van der Waals surface area contributed by atoms with E-state index in [1.807, 2.05) is 11.4 Å². The molecule has 0 radical (unpaired) electrons. The van der Waals surface area contributed by atoms with Gasteiger partial charge in [-0.25, -0.2) is 23.0 Å². The summed E-state index contributed by atoms with van der Waals surface area (Å²) < 4.78 is 37.5. The summed E-state index contributed by atoms with van der Waals surface area (Å²) >= 11 is 1.46. The fourth-order valence-corrected chi connectivity index (χ4v) is 5.71. The molecule has 37 heavy (non-hydrogen) atoms. The standard InChI is InChI=1S/C26H32N2O7S2/c1-25(2,3)33-23(29)28(35-24(30)34-26(4,5)6)21(19-10-8-7-9-11-19)17-37(31,32)16-18-14-20-12-13-36-22(20)27-15-18/h7-15,21H,16-17H2,1-6H3/t21-/m1/s1. The summed E-state index contributed by atoms with van der Waals surface area (Å²) in [5.74, 6) is -0.857. The van der Waals surface area contributed by atoms with Crippen LogP contribution in [-0.2, 0) is 29.9 Å².